The average Bonchev–Trinajstić information content (AvgIpc) is 2.32. The van der Waals surface area contributed by atoms with Gasteiger partial charge >= 0.3 is 0 Å². The van der Waals surface area contributed by atoms with Crippen LogP contribution in [0, 0.1) is 6.92 Å². The molecule has 0 aliphatic heterocycles. The summed E-state index contributed by atoms with van der Waals surface area (Å²) in [6.07, 6.45) is 0.915. The Kier molecular flexibility index (Phi) is 5.08. The Hall–Kier alpha value is -0.770. The van der Waals surface area contributed by atoms with Crippen LogP contribution in [0.15, 0.2) is 56.7 Å². The van der Waals surface area contributed by atoms with Gasteiger partial charge in [0.25, 0.3) is 0 Å². The maximum absolute atomic E-state index is 5.94. The van der Waals surface area contributed by atoms with E-state index in [1.54, 1.807) is 11.8 Å². The third-order valence-electron chi connectivity index (χ3n) is 2.78. The molecule has 2 N–H and O–H groups in total. The van der Waals surface area contributed by atoms with E-state index in [-0.39, 0.29) is 6.04 Å². The molecule has 100 valence electrons. The first kappa shape index (κ1) is 14.6. The summed E-state index contributed by atoms with van der Waals surface area (Å²) in [5, 5.41) is 0. The molecule has 0 aliphatic carbocycles. The van der Waals surface area contributed by atoms with E-state index in [9.17, 15) is 0 Å². The lowest BCUT2D eigenvalue weighted by Crippen LogP contribution is -2.18. The zero-order valence-electron chi connectivity index (χ0n) is 11.2. The van der Waals surface area contributed by atoms with Gasteiger partial charge in [-0.1, -0.05) is 51.5 Å². The summed E-state index contributed by atoms with van der Waals surface area (Å²) < 4.78 is 1.11. The Morgan fingerprint density at radius 1 is 1.21 bits per heavy atom. The number of hydrogen-bond acceptors (Lipinski definition) is 2. The van der Waals surface area contributed by atoms with E-state index < -0.39 is 0 Å². The maximum Gasteiger partial charge on any atom is 0.0186 e. The zero-order chi connectivity index (χ0) is 13.8. The largest absolute Gasteiger partial charge is 0.328 e. The van der Waals surface area contributed by atoms with Crippen LogP contribution in [0.3, 0.4) is 0 Å². The van der Waals surface area contributed by atoms with Crippen LogP contribution in [-0.2, 0) is 6.42 Å². The minimum absolute atomic E-state index is 0.184. The second kappa shape index (κ2) is 6.60. The van der Waals surface area contributed by atoms with Crippen molar-refractivity contribution in [3.63, 3.8) is 0 Å². The van der Waals surface area contributed by atoms with Crippen LogP contribution in [0.5, 0.6) is 0 Å². The second-order valence-electron chi connectivity index (χ2n) is 4.85. The molecule has 0 bridgehead atoms. The van der Waals surface area contributed by atoms with E-state index in [1.807, 2.05) is 6.07 Å². The number of nitrogens with two attached hydrogens (primary N) is 1. The smallest absolute Gasteiger partial charge is 0.0186 e. The van der Waals surface area contributed by atoms with E-state index >= 15 is 0 Å². The Labute approximate surface area is 127 Å². The molecule has 2 aromatic carbocycles. The second-order valence-corrected chi connectivity index (χ2v) is 6.88. The van der Waals surface area contributed by atoms with Gasteiger partial charge in [0.2, 0.25) is 0 Å². The van der Waals surface area contributed by atoms with Crippen molar-refractivity contribution >= 4 is 27.7 Å². The van der Waals surface area contributed by atoms with Crippen LogP contribution in [0.25, 0.3) is 0 Å². The Morgan fingerprint density at radius 2 is 2.00 bits per heavy atom. The highest BCUT2D eigenvalue weighted by Crippen LogP contribution is 2.32. The van der Waals surface area contributed by atoms with E-state index in [1.165, 1.54) is 20.9 Å². The number of halogens is 1. The fourth-order valence-electron chi connectivity index (χ4n) is 1.97. The topological polar surface area (TPSA) is 26.0 Å². The van der Waals surface area contributed by atoms with Gasteiger partial charge in [-0.2, -0.15) is 0 Å². The predicted molar refractivity (Wildman–Crippen MR) is 86.8 cm³/mol. The summed E-state index contributed by atoms with van der Waals surface area (Å²) in [4.78, 5) is 2.53. The number of aryl methyl sites for hydroxylation is 1. The van der Waals surface area contributed by atoms with Gasteiger partial charge < -0.3 is 5.73 Å². The molecule has 0 aromatic heterocycles. The van der Waals surface area contributed by atoms with Gasteiger partial charge in [0.05, 0.1) is 0 Å². The predicted octanol–water partition coefficient (Wildman–Crippen LogP) is 4.80. The average molecular weight is 336 g/mol. The molecule has 1 nitrogen and oxygen atoms in total. The van der Waals surface area contributed by atoms with Crippen molar-refractivity contribution in [2.24, 2.45) is 5.73 Å². The Morgan fingerprint density at radius 3 is 2.68 bits per heavy atom. The van der Waals surface area contributed by atoms with Crippen LogP contribution in [-0.4, -0.2) is 6.04 Å². The van der Waals surface area contributed by atoms with Crippen LogP contribution in [0.4, 0.5) is 0 Å². The van der Waals surface area contributed by atoms with Gasteiger partial charge in [0.15, 0.2) is 0 Å². The Balaban J connectivity index is 2.28. The first-order chi connectivity index (χ1) is 9.04. The lowest BCUT2D eigenvalue weighted by molar-refractivity contribution is 0.729. The van der Waals surface area contributed by atoms with E-state index in [4.69, 9.17) is 5.73 Å². The molecule has 0 spiro atoms. The monoisotopic (exact) mass is 335 g/mol. The zero-order valence-corrected chi connectivity index (χ0v) is 13.6. The SMILES string of the molecule is Cc1ccc(Sc2cccc(Br)c2)c(CC(C)N)c1. The molecule has 3 heteroatoms. The summed E-state index contributed by atoms with van der Waals surface area (Å²) >= 11 is 5.31. The molecule has 19 heavy (non-hydrogen) atoms. The van der Waals surface area contributed by atoms with Crippen molar-refractivity contribution in [3.05, 3.63) is 58.1 Å². The van der Waals surface area contributed by atoms with Crippen LogP contribution in [0.1, 0.15) is 18.1 Å². The van der Waals surface area contributed by atoms with E-state index in [2.05, 4.69) is 66.2 Å². The van der Waals surface area contributed by atoms with Crippen molar-refractivity contribution < 1.29 is 0 Å². The highest BCUT2D eigenvalue weighted by Gasteiger charge is 2.07. The van der Waals surface area contributed by atoms with E-state index in [0.29, 0.717) is 0 Å². The van der Waals surface area contributed by atoms with Crippen molar-refractivity contribution in [1.82, 2.24) is 0 Å². The lowest BCUT2D eigenvalue weighted by Gasteiger charge is -2.12. The van der Waals surface area contributed by atoms with Crippen molar-refractivity contribution in [1.29, 1.82) is 0 Å². The van der Waals surface area contributed by atoms with Crippen LogP contribution in [0.2, 0.25) is 0 Å². The maximum atomic E-state index is 5.94. The summed E-state index contributed by atoms with van der Waals surface area (Å²) in [6, 6.07) is 15.1. The highest BCUT2D eigenvalue weighted by atomic mass is 79.9. The first-order valence-corrected chi connectivity index (χ1v) is 7.94. The van der Waals surface area contributed by atoms with Gasteiger partial charge in [0, 0.05) is 20.3 Å². The van der Waals surface area contributed by atoms with Gasteiger partial charge in [-0.15, -0.1) is 0 Å². The van der Waals surface area contributed by atoms with Gasteiger partial charge in [-0.25, -0.2) is 0 Å². The van der Waals surface area contributed by atoms with Crippen molar-refractivity contribution in [3.8, 4) is 0 Å². The normalized spacial score (nSPS) is 12.4. The van der Waals surface area contributed by atoms with Crippen molar-refractivity contribution in [2.75, 3.05) is 0 Å². The lowest BCUT2D eigenvalue weighted by atomic mass is 10.1. The molecule has 0 amide bonds. The molecule has 0 aliphatic rings. The molecule has 1 unspecified atom stereocenters. The van der Waals surface area contributed by atoms with Crippen LogP contribution < -0.4 is 5.73 Å². The summed E-state index contributed by atoms with van der Waals surface area (Å²) in [7, 11) is 0. The molecule has 0 saturated carbocycles. The number of hydrogen-bond donors (Lipinski definition) is 1. The minimum atomic E-state index is 0.184. The molecule has 2 rings (SSSR count). The van der Waals surface area contributed by atoms with Gasteiger partial charge in [-0.05, 0) is 50.1 Å². The molecule has 0 heterocycles. The number of benzene rings is 2. The molecule has 0 radical (unpaired) electrons. The highest BCUT2D eigenvalue weighted by molar-refractivity contribution is 9.10. The molecular formula is C16H18BrNS. The quantitative estimate of drug-likeness (QED) is 0.868. The van der Waals surface area contributed by atoms with E-state index in [0.717, 1.165) is 10.9 Å². The Bertz CT molecular complexity index is 566. The molecule has 2 aromatic rings. The number of rotatable bonds is 4. The van der Waals surface area contributed by atoms with Crippen LogP contribution >= 0.6 is 27.7 Å². The van der Waals surface area contributed by atoms with Gasteiger partial charge in [0.1, 0.15) is 0 Å². The standard InChI is InChI=1S/C16H18BrNS/c1-11-6-7-16(13(8-11)9-12(2)18)19-15-5-3-4-14(17)10-15/h3-8,10,12H,9,18H2,1-2H3. The summed E-state index contributed by atoms with van der Waals surface area (Å²) in [6.45, 7) is 4.17. The molecule has 0 saturated heterocycles. The molecular weight excluding hydrogens is 318 g/mol. The summed E-state index contributed by atoms with van der Waals surface area (Å²) in [5.41, 5.74) is 8.56. The summed E-state index contributed by atoms with van der Waals surface area (Å²) in [5.74, 6) is 0. The van der Waals surface area contributed by atoms with Gasteiger partial charge in [-0.3, -0.25) is 0 Å². The fraction of sp³-hybridized carbons (Fsp3) is 0.250. The minimum Gasteiger partial charge on any atom is -0.328 e. The molecule has 1 atom stereocenters. The third kappa shape index (κ3) is 4.37. The third-order valence-corrected chi connectivity index (χ3v) is 4.38. The molecule has 0 fully saturated rings. The van der Waals surface area contributed by atoms with Crippen molar-refractivity contribution in [2.45, 2.75) is 36.1 Å². The fourth-order valence-corrected chi connectivity index (χ4v) is 3.52. The first-order valence-electron chi connectivity index (χ1n) is 6.33.